The first-order valence-corrected chi connectivity index (χ1v) is 6.87. The van der Waals surface area contributed by atoms with E-state index in [1.54, 1.807) is 26.3 Å². The highest BCUT2D eigenvalue weighted by Crippen LogP contribution is 2.16. The van der Waals surface area contributed by atoms with Crippen LogP contribution in [0.4, 0.5) is 0 Å². The van der Waals surface area contributed by atoms with E-state index >= 15 is 0 Å². The molecule has 0 aliphatic rings. The molecule has 0 bridgehead atoms. The van der Waals surface area contributed by atoms with Crippen LogP contribution in [0.3, 0.4) is 0 Å². The number of methoxy groups -OCH3 is 1. The summed E-state index contributed by atoms with van der Waals surface area (Å²) in [5, 5.41) is 13.7. The number of amides is 1. The van der Waals surface area contributed by atoms with Crippen molar-refractivity contribution in [3.8, 4) is 0 Å². The fourth-order valence-electron chi connectivity index (χ4n) is 2.07. The summed E-state index contributed by atoms with van der Waals surface area (Å²) in [6.45, 7) is 2.30. The van der Waals surface area contributed by atoms with Crippen molar-refractivity contribution in [2.45, 2.75) is 18.9 Å². The number of ether oxygens (including phenoxy) is 1. The molecule has 1 amide bonds. The number of rotatable bonds is 6. The molecule has 21 heavy (non-hydrogen) atoms. The first kappa shape index (κ1) is 15.4. The lowest BCUT2D eigenvalue weighted by Gasteiger charge is -2.23. The van der Waals surface area contributed by atoms with Gasteiger partial charge in [0.1, 0.15) is 0 Å². The van der Waals surface area contributed by atoms with Gasteiger partial charge < -0.3 is 15.2 Å². The second-order valence-electron chi connectivity index (χ2n) is 5.30. The van der Waals surface area contributed by atoms with Gasteiger partial charge in [-0.15, -0.1) is 0 Å². The van der Waals surface area contributed by atoms with Crippen LogP contribution in [-0.4, -0.2) is 41.9 Å². The SMILES string of the molecule is COCCC(C)(O)CNC(=O)c1ccnc2ccccc12. The molecule has 0 aliphatic carbocycles. The molecule has 5 heteroatoms. The number of carbonyl (C=O) groups excluding carboxylic acids is 1. The predicted molar refractivity (Wildman–Crippen MR) is 81.2 cm³/mol. The van der Waals surface area contributed by atoms with Crippen LogP contribution in [0, 0.1) is 0 Å². The third-order valence-corrected chi connectivity index (χ3v) is 3.37. The van der Waals surface area contributed by atoms with Crippen LogP contribution < -0.4 is 5.32 Å². The van der Waals surface area contributed by atoms with Crippen molar-refractivity contribution in [3.05, 3.63) is 42.1 Å². The molecule has 1 heterocycles. The van der Waals surface area contributed by atoms with E-state index in [1.807, 2.05) is 24.3 Å². The number of nitrogens with zero attached hydrogens (tertiary/aromatic N) is 1. The Morgan fingerprint density at radius 1 is 1.38 bits per heavy atom. The minimum atomic E-state index is -0.992. The summed E-state index contributed by atoms with van der Waals surface area (Å²) in [5.41, 5.74) is 0.341. The molecule has 1 atom stereocenters. The smallest absolute Gasteiger partial charge is 0.252 e. The van der Waals surface area contributed by atoms with E-state index in [1.165, 1.54) is 0 Å². The molecular weight excluding hydrogens is 268 g/mol. The lowest BCUT2D eigenvalue weighted by Crippen LogP contribution is -2.41. The van der Waals surface area contributed by atoms with Crippen LogP contribution in [0.15, 0.2) is 36.5 Å². The average Bonchev–Trinajstić information content (AvgIpc) is 2.50. The minimum Gasteiger partial charge on any atom is -0.388 e. The zero-order valence-corrected chi connectivity index (χ0v) is 12.3. The van der Waals surface area contributed by atoms with Gasteiger partial charge in [0.2, 0.25) is 0 Å². The highest BCUT2D eigenvalue weighted by atomic mass is 16.5. The van der Waals surface area contributed by atoms with E-state index in [-0.39, 0.29) is 12.5 Å². The topological polar surface area (TPSA) is 71.5 Å². The molecule has 0 aliphatic heterocycles. The van der Waals surface area contributed by atoms with Crippen molar-refractivity contribution >= 4 is 16.8 Å². The van der Waals surface area contributed by atoms with E-state index in [2.05, 4.69) is 10.3 Å². The van der Waals surface area contributed by atoms with Gasteiger partial charge in [0.15, 0.2) is 0 Å². The molecule has 1 aromatic carbocycles. The number of carbonyl (C=O) groups is 1. The summed E-state index contributed by atoms with van der Waals surface area (Å²) >= 11 is 0. The third kappa shape index (κ3) is 4.00. The van der Waals surface area contributed by atoms with E-state index in [0.717, 1.165) is 10.9 Å². The fraction of sp³-hybridized carbons (Fsp3) is 0.375. The number of aliphatic hydroxyl groups is 1. The normalized spacial score (nSPS) is 13.9. The van der Waals surface area contributed by atoms with Gasteiger partial charge in [-0.2, -0.15) is 0 Å². The summed E-state index contributed by atoms with van der Waals surface area (Å²) in [5.74, 6) is -0.216. The molecule has 0 spiro atoms. The molecule has 5 nitrogen and oxygen atoms in total. The van der Waals surface area contributed by atoms with E-state index < -0.39 is 5.60 Å². The Kier molecular flexibility index (Phi) is 4.88. The number of para-hydroxylation sites is 1. The number of nitrogens with one attached hydrogen (secondary N) is 1. The van der Waals surface area contributed by atoms with Crippen molar-refractivity contribution in [3.63, 3.8) is 0 Å². The van der Waals surface area contributed by atoms with Crippen LogP contribution in [-0.2, 0) is 4.74 Å². The molecule has 1 unspecified atom stereocenters. The Morgan fingerprint density at radius 2 is 2.14 bits per heavy atom. The maximum atomic E-state index is 12.3. The Morgan fingerprint density at radius 3 is 2.90 bits per heavy atom. The van der Waals surface area contributed by atoms with Gasteiger partial charge in [-0.25, -0.2) is 0 Å². The molecule has 112 valence electrons. The second kappa shape index (κ2) is 6.65. The quantitative estimate of drug-likeness (QED) is 0.849. The maximum Gasteiger partial charge on any atom is 0.252 e. The van der Waals surface area contributed by atoms with Crippen LogP contribution >= 0.6 is 0 Å². The zero-order chi connectivity index (χ0) is 15.3. The van der Waals surface area contributed by atoms with Gasteiger partial charge in [-0.05, 0) is 19.1 Å². The fourth-order valence-corrected chi connectivity index (χ4v) is 2.07. The monoisotopic (exact) mass is 288 g/mol. The number of benzene rings is 1. The van der Waals surface area contributed by atoms with Gasteiger partial charge in [-0.3, -0.25) is 9.78 Å². The van der Waals surface area contributed by atoms with Crippen molar-refractivity contribution < 1.29 is 14.6 Å². The largest absolute Gasteiger partial charge is 0.388 e. The third-order valence-electron chi connectivity index (χ3n) is 3.37. The Labute approximate surface area is 124 Å². The minimum absolute atomic E-state index is 0.172. The maximum absolute atomic E-state index is 12.3. The summed E-state index contributed by atoms with van der Waals surface area (Å²) in [7, 11) is 1.58. The zero-order valence-electron chi connectivity index (χ0n) is 12.3. The van der Waals surface area contributed by atoms with Crippen molar-refractivity contribution in [1.29, 1.82) is 0 Å². The van der Waals surface area contributed by atoms with E-state index in [4.69, 9.17) is 4.74 Å². The molecule has 2 aromatic rings. The molecule has 0 radical (unpaired) electrons. The van der Waals surface area contributed by atoms with E-state index in [9.17, 15) is 9.90 Å². The highest BCUT2D eigenvalue weighted by Gasteiger charge is 2.21. The van der Waals surface area contributed by atoms with Crippen molar-refractivity contribution in [1.82, 2.24) is 10.3 Å². The molecule has 1 aromatic heterocycles. The Bertz CT molecular complexity index is 620. The van der Waals surface area contributed by atoms with Gasteiger partial charge in [-0.1, -0.05) is 18.2 Å². The Hall–Kier alpha value is -1.98. The predicted octanol–water partition coefficient (Wildman–Crippen LogP) is 1.75. The highest BCUT2D eigenvalue weighted by molar-refractivity contribution is 6.05. The lowest BCUT2D eigenvalue weighted by molar-refractivity contribution is 0.0244. The van der Waals surface area contributed by atoms with Gasteiger partial charge in [0.25, 0.3) is 5.91 Å². The van der Waals surface area contributed by atoms with Crippen LogP contribution in [0.1, 0.15) is 23.7 Å². The lowest BCUT2D eigenvalue weighted by atomic mass is 10.0. The van der Waals surface area contributed by atoms with E-state index in [0.29, 0.717) is 18.6 Å². The van der Waals surface area contributed by atoms with Crippen LogP contribution in [0.5, 0.6) is 0 Å². The summed E-state index contributed by atoms with van der Waals surface area (Å²) < 4.78 is 4.95. The molecule has 2 rings (SSSR count). The van der Waals surface area contributed by atoms with Crippen molar-refractivity contribution in [2.75, 3.05) is 20.3 Å². The molecule has 0 saturated heterocycles. The summed E-state index contributed by atoms with van der Waals surface area (Å²) in [6, 6.07) is 9.16. The first-order valence-electron chi connectivity index (χ1n) is 6.87. The van der Waals surface area contributed by atoms with Crippen molar-refractivity contribution in [2.24, 2.45) is 0 Å². The summed E-state index contributed by atoms with van der Waals surface area (Å²) in [4.78, 5) is 16.5. The molecular formula is C16H20N2O3. The molecule has 2 N–H and O–H groups in total. The average molecular weight is 288 g/mol. The number of hydrogen-bond acceptors (Lipinski definition) is 4. The number of fused-ring (bicyclic) bond motifs is 1. The standard InChI is InChI=1S/C16H20N2O3/c1-16(20,8-10-21-2)11-18-15(19)13-7-9-17-14-6-4-3-5-12(13)14/h3-7,9,20H,8,10-11H2,1-2H3,(H,18,19). The van der Waals surface area contributed by atoms with Crippen LogP contribution in [0.25, 0.3) is 10.9 Å². The van der Waals surface area contributed by atoms with Gasteiger partial charge >= 0.3 is 0 Å². The van der Waals surface area contributed by atoms with Crippen LogP contribution in [0.2, 0.25) is 0 Å². The second-order valence-corrected chi connectivity index (χ2v) is 5.30. The number of pyridine rings is 1. The Balaban J connectivity index is 2.09. The first-order chi connectivity index (χ1) is 10.0. The van der Waals surface area contributed by atoms with Gasteiger partial charge in [0, 0.05) is 38.3 Å². The summed E-state index contributed by atoms with van der Waals surface area (Å²) in [6.07, 6.45) is 2.07. The molecule has 0 saturated carbocycles. The van der Waals surface area contributed by atoms with Gasteiger partial charge in [0.05, 0.1) is 16.7 Å². The number of aromatic nitrogens is 1. The molecule has 0 fully saturated rings. The number of hydrogen-bond donors (Lipinski definition) is 2.